The summed E-state index contributed by atoms with van der Waals surface area (Å²) in [7, 11) is 0. The molecule has 0 saturated heterocycles. The minimum Gasteiger partial charge on any atom is -0.224 e. The Hall–Kier alpha value is -0.860. The molecule has 2 aliphatic heterocycles. The third-order valence-corrected chi connectivity index (χ3v) is 1.48. The van der Waals surface area contributed by atoms with E-state index in [9.17, 15) is 0 Å². The third kappa shape index (κ3) is 1.03. The monoisotopic (exact) mass is 136 g/mol. The van der Waals surface area contributed by atoms with E-state index in [2.05, 4.69) is 0 Å². The molecule has 2 atom stereocenters. The Labute approximate surface area is 59.4 Å². The molecule has 0 spiro atoms. The normalized spacial score (nSPS) is 36.0. The standard InChI is InChI=1S/C8H8O2/c1-2-4-8-6-5-7(3-1)9-10-8/h1-8H. The van der Waals surface area contributed by atoms with E-state index < -0.39 is 0 Å². The molecular formula is C8H8O2. The van der Waals surface area contributed by atoms with Gasteiger partial charge in [0.25, 0.3) is 0 Å². The summed E-state index contributed by atoms with van der Waals surface area (Å²) in [6.45, 7) is 0. The molecule has 2 heterocycles. The van der Waals surface area contributed by atoms with E-state index >= 15 is 0 Å². The lowest BCUT2D eigenvalue weighted by atomic mass is 10.2. The maximum absolute atomic E-state index is 4.96. The number of rotatable bonds is 0. The molecule has 2 nitrogen and oxygen atoms in total. The predicted octanol–water partition coefficient (Wildman–Crippen LogP) is 1.37. The van der Waals surface area contributed by atoms with Crippen LogP contribution in [-0.2, 0) is 9.78 Å². The van der Waals surface area contributed by atoms with Crippen LogP contribution in [0.5, 0.6) is 0 Å². The molecule has 0 amide bonds. The molecule has 3 rings (SSSR count). The molecule has 2 bridgehead atoms. The van der Waals surface area contributed by atoms with Gasteiger partial charge in [0, 0.05) is 0 Å². The van der Waals surface area contributed by atoms with E-state index in [-0.39, 0.29) is 12.2 Å². The molecule has 3 aliphatic rings. The molecule has 0 saturated carbocycles. The fourth-order valence-corrected chi connectivity index (χ4v) is 0.951. The van der Waals surface area contributed by atoms with Gasteiger partial charge in [-0.05, 0) is 24.3 Å². The van der Waals surface area contributed by atoms with Gasteiger partial charge in [0.2, 0.25) is 0 Å². The molecule has 0 aromatic heterocycles. The van der Waals surface area contributed by atoms with Gasteiger partial charge in [-0.15, -0.1) is 0 Å². The number of hydrogen-bond donors (Lipinski definition) is 0. The SMILES string of the molecule is C1=CC2C=CC(C=C1)OO2. The molecule has 1 aliphatic carbocycles. The van der Waals surface area contributed by atoms with Crippen LogP contribution in [-0.4, -0.2) is 12.2 Å². The highest BCUT2D eigenvalue weighted by Gasteiger charge is 2.13. The summed E-state index contributed by atoms with van der Waals surface area (Å²) in [5.74, 6) is 0. The van der Waals surface area contributed by atoms with Crippen molar-refractivity contribution in [2.75, 3.05) is 0 Å². The Bertz CT molecular complexity index is 181. The van der Waals surface area contributed by atoms with Gasteiger partial charge in [0.15, 0.2) is 0 Å². The van der Waals surface area contributed by atoms with E-state index in [0.717, 1.165) is 0 Å². The Morgan fingerprint density at radius 2 is 1.20 bits per heavy atom. The molecule has 2 heteroatoms. The van der Waals surface area contributed by atoms with Gasteiger partial charge in [-0.2, -0.15) is 0 Å². The summed E-state index contributed by atoms with van der Waals surface area (Å²) in [5.41, 5.74) is 0. The first-order chi connectivity index (χ1) is 4.95. The van der Waals surface area contributed by atoms with Crippen LogP contribution in [0.15, 0.2) is 36.5 Å². The van der Waals surface area contributed by atoms with Crippen LogP contribution >= 0.6 is 0 Å². The maximum atomic E-state index is 4.96. The molecule has 2 unspecified atom stereocenters. The molecular weight excluding hydrogens is 128 g/mol. The zero-order chi connectivity index (χ0) is 6.81. The summed E-state index contributed by atoms with van der Waals surface area (Å²) in [5, 5.41) is 0. The van der Waals surface area contributed by atoms with Gasteiger partial charge < -0.3 is 0 Å². The first-order valence-electron chi connectivity index (χ1n) is 3.30. The Kier molecular flexibility index (Phi) is 1.42. The average Bonchev–Trinajstić information content (AvgIpc) is 1.89. The second-order valence-corrected chi connectivity index (χ2v) is 2.28. The van der Waals surface area contributed by atoms with Crippen molar-refractivity contribution in [2.45, 2.75) is 12.2 Å². The van der Waals surface area contributed by atoms with Crippen LogP contribution in [0.2, 0.25) is 0 Å². The van der Waals surface area contributed by atoms with E-state index in [4.69, 9.17) is 9.78 Å². The van der Waals surface area contributed by atoms with Gasteiger partial charge in [-0.25, -0.2) is 9.78 Å². The molecule has 52 valence electrons. The van der Waals surface area contributed by atoms with Crippen molar-refractivity contribution >= 4 is 0 Å². The number of allylic oxidation sites excluding steroid dienone is 2. The summed E-state index contributed by atoms with van der Waals surface area (Å²) in [6.07, 6.45) is 11.8. The van der Waals surface area contributed by atoms with Crippen LogP contribution < -0.4 is 0 Å². The van der Waals surface area contributed by atoms with Crippen LogP contribution in [0.4, 0.5) is 0 Å². The zero-order valence-electron chi connectivity index (χ0n) is 5.44. The van der Waals surface area contributed by atoms with E-state index in [1.807, 2.05) is 36.5 Å². The number of hydrogen-bond acceptors (Lipinski definition) is 2. The van der Waals surface area contributed by atoms with Crippen molar-refractivity contribution in [3.8, 4) is 0 Å². The fourth-order valence-electron chi connectivity index (χ4n) is 0.951. The van der Waals surface area contributed by atoms with Gasteiger partial charge in [0.1, 0.15) is 12.2 Å². The first kappa shape index (κ1) is 5.89. The van der Waals surface area contributed by atoms with E-state index in [1.165, 1.54) is 0 Å². The topological polar surface area (TPSA) is 18.5 Å². The Balaban J connectivity index is 2.29. The Morgan fingerprint density at radius 1 is 0.700 bits per heavy atom. The van der Waals surface area contributed by atoms with Crippen LogP contribution in [0.25, 0.3) is 0 Å². The third-order valence-electron chi connectivity index (χ3n) is 1.48. The van der Waals surface area contributed by atoms with Crippen LogP contribution in [0.3, 0.4) is 0 Å². The second-order valence-electron chi connectivity index (χ2n) is 2.28. The highest BCUT2D eigenvalue weighted by molar-refractivity contribution is 5.19. The molecule has 10 heavy (non-hydrogen) atoms. The zero-order valence-corrected chi connectivity index (χ0v) is 5.44. The van der Waals surface area contributed by atoms with Crippen molar-refractivity contribution in [2.24, 2.45) is 0 Å². The first-order valence-corrected chi connectivity index (χ1v) is 3.30. The van der Waals surface area contributed by atoms with Crippen LogP contribution in [0.1, 0.15) is 0 Å². The van der Waals surface area contributed by atoms with Crippen molar-refractivity contribution < 1.29 is 9.78 Å². The van der Waals surface area contributed by atoms with Gasteiger partial charge in [-0.3, -0.25) is 0 Å². The van der Waals surface area contributed by atoms with Crippen LogP contribution in [0, 0.1) is 0 Å². The molecule has 0 fully saturated rings. The highest BCUT2D eigenvalue weighted by Crippen LogP contribution is 2.13. The van der Waals surface area contributed by atoms with Gasteiger partial charge in [-0.1, -0.05) is 12.2 Å². The summed E-state index contributed by atoms with van der Waals surface area (Å²) in [4.78, 5) is 9.91. The molecule has 0 aromatic carbocycles. The molecule has 0 radical (unpaired) electrons. The lowest BCUT2D eigenvalue weighted by molar-refractivity contribution is -0.321. The predicted molar refractivity (Wildman–Crippen MR) is 37.2 cm³/mol. The van der Waals surface area contributed by atoms with Crippen molar-refractivity contribution in [1.29, 1.82) is 0 Å². The van der Waals surface area contributed by atoms with E-state index in [0.29, 0.717) is 0 Å². The second kappa shape index (κ2) is 2.40. The summed E-state index contributed by atoms with van der Waals surface area (Å²) >= 11 is 0. The van der Waals surface area contributed by atoms with E-state index in [1.54, 1.807) is 0 Å². The summed E-state index contributed by atoms with van der Waals surface area (Å²) in [6, 6.07) is 0. The lowest BCUT2D eigenvalue weighted by Gasteiger charge is -2.19. The number of fused-ring (bicyclic) bond motifs is 2. The van der Waals surface area contributed by atoms with Crippen molar-refractivity contribution in [1.82, 2.24) is 0 Å². The minimum atomic E-state index is 0.00111. The smallest absolute Gasteiger partial charge is 0.130 e. The minimum absolute atomic E-state index is 0.00111. The highest BCUT2D eigenvalue weighted by atomic mass is 17.2. The summed E-state index contributed by atoms with van der Waals surface area (Å²) < 4.78 is 0. The van der Waals surface area contributed by atoms with Crippen molar-refractivity contribution in [3.05, 3.63) is 36.5 Å². The average molecular weight is 136 g/mol. The quantitative estimate of drug-likeness (QED) is 0.370. The fraction of sp³-hybridized carbons (Fsp3) is 0.250. The molecule has 0 aromatic rings. The van der Waals surface area contributed by atoms with Gasteiger partial charge in [0.05, 0.1) is 0 Å². The Morgan fingerprint density at radius 3 is 1.60 bits per heavy atom. The van der Waals surface area contributed by atoms with Crippen molar-refractivity contribution in [3.63, 3.8) is 0 Å². The molecule has 0 N–H and O–H groups in total. The van der Waals surface area contributed by atoms with Gasteiger partial charge >= 0.3 is 0 Å². The maximum Gasteiger partial charge on any atom is 0.130 e. The lowest BCUT2D eigenvalue weighted by Crippen LogP contribution is -2.20. The largest absolute Gasteiger partial charge is 0.224 e.